The van der Waals surface area contributed by atoms with Gasteiger partial charge in [-0.3, -0.25) is 0 Å². The predicted molar refractivity (Wildman–Crippen MR) is 71.1 cm³/mol. The smallest absolute Gasteiger partial charge is 0.340 e. The molecule has 2 nitrogen and oxygen atoms in total. The minimum absolute atomic E-state index is 0.245. The fourth-order valence-corrected chi connectivity index (χ4v) is 3.29. The van der Waals surface area contributed by atoms with E-state index in [0.717, 1.165) is 31.2 Å². The normalized spacial score (nSPS) is 24.4. The number of rotatable bonds is 1. The van der Waals surface area contributed by atoms with E-state index in [1.165, 1.54) is 6.42 Å². The van der Waals surface area contributed by atoms with Gasteiger partial charge in [-0.2, -0.15) is 0 Å². The Balaban J connectivity index is 2.00. The summed E-state index contributed by atoms with van der Waals surface area (Å²) in [5.41, 5.74) is 1.20. The third kappa shape index (κ3) is 1.76. The molecule has 2 fully saturated rings. The van der Waals surface area contributed by atoms with Crippen LogP contribution in [-0.4, -0.2) is 11.6 Å². The van der Waals surface area contributed by atoms with E-state index in [0.29, 0.717) is 10.6 Å². The van der Waals surface area contributed by atoms with Gasteiger partial charge in [0.25, 0.3) is 0 Å². The van der Waals surface area contributed by atoms with Crippen LogP contribution in [0.3, 0.4) is 0 Å². The highest BCUT2D eigenvalue weighted by Crippen LogP contribution is 2.49. The van der Waals surface area contributed by atoms with Crippen molar-refractivity contribution in [3.8, 4) is 0 Å². The van der Waals surface area contributed by atoms with Crippen molar-refractivity contribution in [2.45, 2.75) is 37.7 Å². The zero-order valence-corrected chi connectivity index (χ0v) is 10.9. The molecule has 1 saturated carbocycles. The van der Waals surface area contributed by atoms with E-state index in [1.54, 1.807) is 0 Å². The topological polar surface area (TPSA) is 26.3 Å². The Morgan fingerprint density at radius 3 is 2.39 bits per heavy atom. The number of benzene rings is 1. The lowest BCUT2D eigenvalue weighted by Gasteiger charge is -2.45. The number of esters is 1. The second-order valence-corrected chi connectivity index (χ2v) is 5.38. The van der Waals surface area contributed by atoms with E-state index in [4.69, 9.17) is 16.3 Å². The van der Waals surface area contributed by atoms with Gasteiger partial charge in [-0.05, 0) is 31.2 Å². The monoisotopic (exact) mass is 262 g/mol. The van der Waals surface area contributed by atoms with Crippen LogP contribution < -0.4 is 0 Å². The van der Waals surface area contributed by atoms with E-state index in [2.05, 4.69) is 0 Å². The maximum Gasteiger partial charge on any atom is 0.340 e. The Kier molecular flexibility index (Phi) is 2.90. The molecule has 0 aromatic heterocycles. The van der Waals surface area contributed by atoms with Gasteiger partial charge in [0.1, 0.15) is 5.60 Å². The molecule has 18 heavy (non-hydrogen) atoms. The second-order valence-electron chi connectivity index (χ2n) is 5.00. The molecule has 94 valence electrons. The van der Waals surface area contributed by atoms with Gasteiger partial charge in [0.05, 0.1) is 10.6 Å². The molecule has 1 aliphatic carbocycles. The molecule has 0 unspecified atom stereocenters. The fraction of sp³-hybridized carbons (Fsp3) is 0.400. The van der Waals surface area contributed by atoms with Crippen LogP contribution in [0.2, 0.25) is 0 Å². The first kappa shape index (κ1) is 11.8. The summed E-state index contributed by atoms with van der Waals surface area (Å²) >= 11 is 6.40. The van der Waals surface area contributed by atoms with Crippen LogP contribution in [0, 0.1) is 0 Å². The van der Waals surface area contributed by atoms with Crippen LogP contribution in [-0.2, 0) is 9.53 Å². The molecule has 0 amide bonds. The molecule has 2 aliphatic rings. The van der Waals surface area contributed by atoms with Crippen LogP contribution in [0.25, 0.3) is 5.03 Å². The number of hydrogen-bond donors (Lipinski definition) is 0. The van der Waals surface area contributed by atoms with Crippen LogP contribution in [0.5, 0.6) is 0 Å². The summed E-state index contributed by atoms with van der Waals surface area (Å²) in [7, 11) is 0. The molecule has 1 heterocycles. The lowest BCUT2D eigenvalue weighted by Crippen LogP contribution is -2.52. The molecule has 0 N–H and O–H groups in total. The molecule has 0 radical (unpaired) electrons. The minimum atomic E-state index is -0.387. The highest BCUT2D eigenvalue weighted by atomic mass is 35.5. The van der Waals surface area contributed by atoms with E-state index < -0.39 is 0 Å². The maximum atomic E-state index is 11.8. The first-order valence-corrected chi connectivity index (χ1v) is 6.80. The van der Waals surface area contributed by atoms with Gasteiger partial charge < -0.3 is 4.74 Å². The van der Waals surface area contributed by atoms with Gasteiger partial charge in [0, 0.05) is 0 Å². The SMILES string of the molecule is O=C1OC2(CCCCC2)/C1=C(/Cl)c1ccccc1. The summed E-state index contributed by atoms with van der Waals surface area (Å²) in [5.74, 6) is -0.245. The molecule has 1 aromatic carbocycles. The summed E-state index contributed by atoms with van der Waals surface area (Å²) in [6, 6.07) is 9.65. The lowest BCUT2D eigenvalue weighted by molar-refractivity contribution is -0.175. The van der Waals surface area contributed by atoms with Crippen LogP contribution in [0.1, 0.15) is 37.7 Å². The molecule has 3 heteroatoms. The zero-order valence-electron chi connectivity index (χ0n) is 10.1. The van der Waals surface area contributed by atoms with Crippen molar-refractivity contribution in [1.82, 2.24) is 0 Å². The van der Waals surface area contributed by atoms with E-state index in [9.17, 15) is 4.79 Å². The Labute approximate surface area is 112 Å². The van der Waals surface area contributed by atoms with Crippen molar-refractivity contribution in [2.75, 3.05) is 0 Å². The van der Waals surface area contributed by atoms with Crippen molar-refractivity contribution >= 4 is 22.6 Å². The Morgan fingerprint density at radius 1 is 1.11 bits per heavy atom. The van der Waals surface area contributed by atoms with Crippen molar-refractivity contribution in [3.63, 3.8) is 0 Å². The molecule has 1 saturated heterocycles. The van der Waals surface area contributed by atoms with Gasteiger partial charge in [-0.1, -0.05) is 48.4 Å². The van der Waals surface area contributed by atoms with Crippen molar-refractivity contribution in [1.29, 1.82) is 0 Å². The first-order valence-electron chi connectivity index (χ1n) is 6.42. The standard InChI is InChI=1S/C15H15ClO2/c16-13(11-7-3-1-4-8-11)12-14(17)18-15(12)9-5-2-6-10-15/h1,3-4,7-8H,2,5-6,9-10H2/b13-12+. The highest BCUT2D eigenvalue weighted by Gasteiger charge is 2.53. The molecule has 0 bridgehead atoms. The summed E-state index contributed by atoms with van der Waals surface area (Å²) in [6.45, 7) is 0. The summed E-state index contributed by atoms with van der Waals surface area (Å²) in [4.78, 5) is 11.8. The second kappa shape index (κ2) is 4.43. The van der Waals surface area contributed by atoms with Gasteiger partial charge in [-0.25, -0.2) is 4.79 Å². The van der Waals surface area contributed by atoms with E-state index >= 15 is 0 Å². The first-order chi connectivity index (χ1) is 8.73. The van der Waals surface area contributed by atoms with E-state index in [1.807, 2.05) is 30.3 Å². The number of halogens is 1. The van der Waals surface area contributed by atoms with Crippen molar-refractivity contribution < 1.29 is 9.53 Å². The summed E-state index contributed by atoms with van der Waals surface area (Å²) < 4.78 is 5.44. The molecule has 1 aromatic rings. The van der Waals surface area contributed by atoms with Crippen molar-refractivity contribution in [3.05, 3.63) is 41.5 Å². The van der Waals surface area contributed by atoms with Gasteiger partial charge in [0.15, 0.2) is 0 Å². The Bertz CT molecular complexity index is 498. The van der Waals surface area contributed by atoms with E-state index in [-0.39, 0.29) is 11.6 Å². The van der Waals surface area contributed by atoms with Crippen LogP contribution in [0.4, 0.5) is 0 Å². The average Bonchev–Trinajstić information content (AvgIpc) is 2.40. The minimum Gasteiger partial charge on any atom is -0.450 e. The van der Waals surface area contributed by atoms with Crippen LogP contribution in [0.15, 0.2) is 35.9 Å². The molecule has 1 spiro atoms. The predicted octanol–water partition coefficient (Wildman–Crippen LogP) is 3.90. The molecule has 1 aliphatic heterocycles. The Hall–Kier alpha value is -1.28. The third-order valence-corrected chi connectivity index (χ3v) is 4.26. The number of carbonyl (C=O) groups is 1. The highest BCUT2D eigenvalue weighted by molar-refractivity contribution is 6.51. The quantitative estimate of drug-likeness (QED) is 0.567. The zero-order chi connectivity index (χ0) is 12.6. The Morgan fingerprint density at radius 2 is 1.78 bits per heavy atom. The number of ether oxygens (including phenoxy) is 1. The fourth-order valence-electron chi connectivity index (χ4n) is 2.91. The van der Waals surface area contributed by atoms with Crippen molar-refractivity contribution in [2.24, 2.45) is 0 Å². The van der Waals surface area contributed by atoms with Crippen LogP contribution >= 0.6 is 11.6 Å². The molecular weight excluding hydrogens is 248 g/mol. The average molecular weight is 263 g/mol. The summed E-state index contributed by atoms with van der Waals surface area (Å²) in [6.07, 6.45) is 5.26. The lowest BCUT2D eigenvalue weighted by atomic mass is 9.75. The molecule has 3 rings (SSSR count). The summed E-state index contributed by atoms with van der Waals surface area (Å²) in [5, 5.41) is 0.564. The van der Waals surface area contributed by atoms with Gasteiger partial charge >= 0.3 is 5.97 Å². The molecule has 0 atom stereocenters. The third-order valence-electron chi connectivity index (χ3n) is 3.86. The number of hydrogen-bond acceptors (Lipinski definition) is 2. The van der Waals surface area contributed by atoms with Gasteiger partial charge in [-0.15, -0.1) is 0 Å². The number of carbonyl (C=O) groups excluding carboxylic acids is 1. The maximum absolute atomic E-state index is 11.8. The van der Waals surface area contributed by atoms with Gasteiger partial charge in [0.2, 0.25) is 0 Å². The largest absolute Gasteiger partial charge is 0.450 e. The molecular formula is C15H15ClO2.